The molecule has 1 aromatic heterocycles. The summed E-state index contributed by atoms with van der Waals surface area (Å²) in [6.07, 6.45) is 0.372. The van der Waals surface area contributed by atoms with E-state index in [1.807, 2.05) is 45.1 Å². The minimum atomic E-state index is -0.476. The standard InChI is InChI=1S/C16H30N6O2S/c1-16(2,3)24-15(23)19-9-7-8-18-13(17-4)20-10-12-11-25-14(21-12)22(5)6/h11H,7-10H2,1-6H3,(H,19,23)(H2,17,18,20). The van der Waals surface area contributed by atoms with Gasteiger partial charge in [-0.15, -0.1) is 11.3 Å². The molecule has 142 valence electrons. The zero-order valence-corrected chi connectivity index (χ0v) is 16.8. The van der Waals surface area contributed by atoms with E-state index in [2.05, 4.69) is 25.9 Å². The Kier molecular flexibility index (Phi) is 8.47. The number of aliphatic imine (C=N–C) groups is 1. The molecule has 25 heavy (non-hydrogen) atoms. The lowest BCUT2D eigenvalue weighted by Crippen LogP contribution is -2.39. The maximum absolute atomic E-state index is 11.5. The number of carbonyl (C=O) groups excluding carboxylic acids is 1. The second-order valence-corrected chi connectivity index (χ2v) is 7.49. The fourth-order valence-corrected chi connectivity index (χ4v) is 2.54. The van der Waals surface area contributed by atoms with Gasteiger partial charge < -0.3 is 25.6 Å². The molecule has 0 spiro atoms. The van der Waals surface area contributed by atoms with Gasteiger partial charge in [-0.05, 0) is 27.2 Å². The number of alkyl carbamates (subject to hydrolysis) is 1. The summed E-state index contributed by atoms with van der Waals surface area (Å²) in [7, 11) is 5.67. The van der Waals surface area contributed by atoms with E-state index in [0.717, 1.165) is 17.2 Å². The van der Waals surface area contributed by atoms with Crippen molar-refractivity contribution in [3.8, 4) is 0 Å². The summed E-state index contributed by atoms with van der Waals surface area (Å²) >= 11 is 1.61. The number of rotatable bonds is 7. The summed E-state index contributed by atoms with van der Waals surface area (Å²) in [4.78, 5) is 22.2. The minimum absolute atomic E-state index is 0.393. The third kappa shape index (κ3) is 9.13. The maximum atomic E-state index is 11.5. The van der Waals surface area contributed by atoms with Gasteiger partial charge in [0.05, 0.1) is 12.2 Å². The van der Waals surface area contributed by atoms with E-state index in [0.29, 0.717) is 25.6 Å². The molecule has 0 bridgehead atoms. The van der Waals surface area contributed by atoms with Crippen molar-refractivity contribution in [2.24, 2.45) is 4.99 Å². The highest BCUT2D eigenvalue weighted by molar-refractivity contribution is 7.13. The van der Waals surface area contributed by atoms with Crippen molar-refractivity contribution in [3.63, 3.8) is 0 Å². The second-order valence-electron chi connectivity index (χ2n) is 6.65. The highest BCUT2D eigenvalue weighted by Crippen LogP contribution is 2.17. The third-order valence-electron chi connectivity index (χ3n) is 2.90. The molecule has 0 aromatic carbocycles. The predicted octanol–water partition coefficient (Wildman–Crippen LogP) is 1.79. The predicted molar refractivity (Wildman–Crippen MR) is 103 cm³/mol. The Balaban J connectivity index is 2.21. The Morgan fingerprint density at radius 3 is 2.52 bits per heavy atom. The number of carbonyl (C=O) groups is 1. The molecule has 0 radical (unpaired) electrons. The van der Waals surface area contributed by atoms with Crippen molar-refractivity contribution >= 4 is 28.5 Å². The minimum Gasteiger partial charge on any atom is -0.444 e. The molecule has 0 aliphatic carbocycles. The molecule has 0 atom stereocenters. The van der Waals surface area contributed by atoms with Crippen molar-refractivity contribution in [3.05, 3.63) is 11.1 Å². The van der Waals surface area contributed by atoms with Crippen LogP contribution in [0.5, 0.6) is 0 Å². The molecule has 0 saturated heterocycles. The normalized spacial score (nSPS) is 11.8. The molecule has 3 N–H and O–H groups in total. The van der Waals surface area contributed by atoms with Crippen LogP contribution in [0.25, 0.3) is 0 Å². The fraction of sp³-hybridized carbons (Fsp3) is 0.688. The van der Waals surface area contributed by atoms with E-state index in [-0.39, 0.29) is 0 Å². The first-order valence-electron chi connectivity index (χ1n) is 8.24. The van der Waals surface area contributed by atoms with Crippen LogP contribution < -0.4 is 20.9 Å². The quantitative estimate of drug-likeness (QED) is 0.385. The highest BCUT2D eigenvalue weighted by Gasteiger charge is 2.15. The van der Waals surface area contributed by atoms with Gasteiger partial charge in [0.15, 0.2) is 11.1 Å². The molecule has 8 nitrogen and oxygen atoms in total. The lowest BCUT2D eigenvalue weighted by Gasteiger charge is -2.19. The Morgan fingerprint density at radius 1 is 1.28 bits per heavy atom. The van der Waals surface area contributed by atoms with Crippen LogP contribution in [0.2, 0.25) is 0 Å². The van der Waals surface area contributed by atoms with Crippen molar-refractivity contribution in [1.82, 2.24) is 20.9 Å². The molecule has 1 heterocycles. The van der Waals surface area contributed by atoms with Crippen molar-refractivity contribution < 1.29 is 9.53 Å². The zero-order valence-electron chi connectivity index (χ0n) is 16.0. The summed E-state index contributed by atoms with van der Waals surface area (Å²) in [6, 6.07) is 0. The van der Waals surface area contributed by atoms with Crippen LogP contribution in [0.15, 0.2) is 10.4 Å². The van der Waals surface area contributed by atoms with Crippen molar-refractivity contribution in [1.29, 1.82) is 0 Å². The Morgan fingerprint density at radius 2 is 1.96 bits per heavy atom. The molecule has 0 fully saturated rings. The zero-order chi connectivity index (χ0) is 18.9. The molecular weight excluding hydrogens is 340 g/mol. The van der Waals surface area contributed by atoms with Crippen molar-refractivity contribution in [2.45, 2.75) is 39.3 Å². The summed E-state index contributed by atoms with van der Waals surface area (Å²) in [5, 5.41) is 12.2. The van der Waals surface area contributed by atoms with Crippen LogP contribution >= 0.6 is 11.3 Å². The number of nitrogens with one attached hydrogen (secondary N) is 3. The Bertz CT molecular complexity index is 565. The molecule has 9 heteroatoms. The fourth-order valence-electron chi connectivity index (χ4n) is 1.78. The largest absolute Gasteiger partial charge is 0.444 e. The molecule has 1 aromatic rings. The van der Waals surface area contributed by atoms with Gasteiger partial charge in [-0.1, -0.05) is 0 Å². The number of amides is 1. The summed E-state index contributed by atoms with van der Waals surface area (Å²) in [5.74, 6) is 0.705. The van der Waals surface area contributed by atoms with Crippen LogP contribution in [-0.4, -0.2) is 56.9 Å². The van der Waals surface area contributed by atoms with Gasteiger partial charge in [-0.2, -0.15) is 0 Å². The van der Waals surface area contributed by atoms with Gasteiger partial charge in [0.2, 0.25) is 0 Å². The summed E-state index contributed by atoms with van der Waals surface area (Å²) < 4.78 is 5.18. The average Bonchev–Trinajstić information content (AvgIpc) is 2.97. The van der Waals surface area contributed by atoms with Crippen LogP contribution in [0, 0.1) is 0 Å². The van der Waals surface area contributed by atoms with E-state index in [1.165, 1.54) is 0 Å². The first-order valence-corrected chi connectivity index (χ1v) is 9.12. The third-order valence-corrected chi connectivity index (χ3v) is 3.95. The number of anilines is 1. The number of nitrogens with zero attached hydrogens (tertiary/aromatic N) is 3. The number of hydrogen-bond acceptors (Lipinski definition) is 6. The molecule has 0 aliphatic heterocycles. The Labute approximate surface area is 154 Å². The SMILES string of the molecule is CN=C(NCCCNC(=O)OC(C)(C)C)NCc1csc(N(C)C)n1. The van der Waals surface area contributed by atoms with Crippen LogP contribution in [0.1, 0.15) is 32.9 Å². The topological polar surface area (TPSA) is 90.9 Å². The van der Waals surface area contributed by atoms with E-state index in [9.17, 15) is 4.79 Å². The van der Waals surface area contributed by atoms with Gasteiger partial charge in [0.1, 0.15) is 5.60 Å². The molecular formula is C16H30N6O2S. The first kappa shape index (κ1) is 21.0. The van der Waals surface area contributed by atoms with Gasteiger partial charge in [-0.25, -0.2) is 9.78 Å². The number of guanidine groups is 1. The molecule has 1 rings (SSSR count). The summed E-state index contributed by atoms with van der Waals surface area (Å²) in [6.45, 7) is 7.36. The maximum Gasteiger partial charge on any atom is 0.407 e. The highest BCUT2D eigenvalue weighted by atomic mass is 32.1. The second kappa shape index (κ2) is 10.1. The lowest BCUT2D eigenvalue weighted by molar-refractivity contribution is 0.0527. The van der Waals surface area contributed by atoms with Gasteiger partial charge in [0, 0.05) is 39.6 Å². The first-order chi connectivity index (χ1) is 11.7. The number of hydrogen-bond donors (Lipinski definition) is 3. The van der Waals surface area contributed by atoms with E-state index >= 15 is 0 Å². The summed E-state index contributed by atoms with van der Waals surface area (Å²) in [5.41, 5.74) is 0.499. The van der Waals surface area contributed by atoms with Gasteiger partial charge in [-0.3, -0.25) is 4.99 Å². The van der Waals surface area contributed by atoms with Crippen LogP contribution in [-0.2, 0) is 11.3 Å². The van der Waals surface area contributed by atoms with Gasteiger partial charge >= 0.3 is 6.09 Å². The Hall–Kier alpha value is -2.03. The van der Waals surface area contributed by atoms with E-state index in [4.69, 9.17) is 4.74 Å². The molecule has 0 aliphatic rings. The monoisotopic (exact) mass is 370 g/mol. The number of aromatic nitrogens is 1. The number of ether oxygens (including phenoxy) is 1. The van der Waals surface area contributed by atoms with Crippen LogP contribution in [0.3, 0.4) is 0 Å². The molecule has 1 amide bonds. The van der Waals surface area contributed by atoms with E-state index in [1.54, 1.807) is 18.4 Å². The van der Waals surface area contributed by atoms with E-state index < -0.39 is 11.7 Å². The smallest absolute Gasteiger partial charge is 0.407 e. The number of thiazole rings is 1. The molecule has 0 saturated carbocycles. The lowest BCUT2D eigenvalue weighted by atomic mass is 10.2. The average molecular weight is 371 g/mol. The van der Waals surface area contributed by atoms with Crippen molar-refractivity contribution in [2.75, 3.05) is 39.1 Å². The molecule has 0 unspecified atom stereocenters. The van der Waals surface area contributed by atoms with Gasteiger partial charge in [0.25, 0.3) is 0 Å². The van der Waals surface area contributed by atoms with Crippen LogP contribution in [0.4, 0.5) is 9.93 Å².